The quantitative estimate of drug-likeness (QED) is 0.794. The first-order valence-corrected chi connectivity index (χ1v) is 9.78. The lowest BCUT2D eigenvalue weighted by atomic mass is 10.0. The topological polar surface area (TPSA) is 84.7 Å². The van der Waals surface area contributed by atoms with Crippen LogP contribution in [-0.4, -0.2) is 29.9 Å². The van der Waals surface area contributed by atoms with E-state index in [1.807, 2.05) is 59.5 Å². The Bertz CT molecular complexity index is 787. The van der Waals surface area contributed by atoms with Gasteiger partial charge in [-0.3, -0.25) is 4.79 Å². The fourth-order valence-corrected chi connectivity index (χ4v) is 3.47. The minimum Gasteiger partial charge on any atom is -0.457 e. The number of primary amides is 1. The number of likely N-dealkylation sites (tertiary alicyclic amines) is 1. The molecule has 1 heterocycles. The summed E-state index contributed by atoms with van der Waals surface area (Å²) in [6.45, 7) is 1.55. The molecule has 1 saturated heterocycles. The van der Waals surface area contributed by atoms with E-state index in [9.17, 15) is 9.59 Å². The minimum absolute atomic E-state index is 0.0371. The Balaban J connectivity index is 1.74. The van der Waals surface area contributed by atoms with Gasteiger partial charge in [-0.25, -0.2) is 4.79 Å². The zero-order valence-electron chi connectivity index (χ0n) is 16.0. The van der Waals surface area contributed by atoms with Crippen LogP contribution in [0.5, 0.6) is 11.5 Å². The Hall–Kier alpha value is -3.02. The molecule has 6 nitrogen and oxygen atoms in total. The number of nitrogens with two attached hydrogens (primary N) is 1. The number of amides is 3. The van der Waals surface area contributed by atoms with Gasteiger partial charge in [0, 0.05) is 13.1 Å². The molecule has 2 aromatic rings. The first-order valence-electron chi connectivity index (χ1n) is 9.78. The number of urea groups is 1. The molecule has 0 bridgehead atoms. The van der Waals surface area contributed by atoms with Crippen molar-refractivity contribution >= 4 is 11.9 Å². The van der Waals surface area contributed by atoms with E-state index in [0.29, 0.717) is 5.75 Å². The monoisotopic (exact) mass is 381 g/mol. The van der Waals surface area contributed by atoms with Crippen molar-refractivity contribution in [3.8, 4) is 11.5 Å². The summed E-state index contributed by atoms with van der Waals surface area (Å²) in [5, 5.41) is 2.71. The second-order valence-corrected chi connectivity index (χ2v) is 7.05. The number of hydrogen-bond acceptors (Lipinski definition) is 3. The molecular formula is C22H27N3O3. The van der Waals surface area contributed by atoms with Crippen molar-refractivity contribution in [3.63, 3.8) is 0 Å². The number of carbonyl (C=O) groups excluding carboxylic acids is 2. The molecule has 6 heteroatoms. The van der Waals surface area contributed by atoms with Crippen LogP contribution in [-0.2, 0) is 4.79 Å². The molecule has 28 heavy (non-hydrogen) atoms. The number of benzene rings is 2. The minimum atomic E-state index is -0.650. The third-order valence-corrected chi connectivity index (χ3v) is 4.89. The van der Waals surface area contributed by atoms with Crippen molar-refractivity contribution in [2.45, 2.75) is 38.1 Å². The standard InChI is InChI=1S/C22H27N3O3/c23-22(27)24-20(16-21(26)25-13-6-1-2-7-14-25)17-9-8-12-19(15-17)28-18-10-4-3-5-11-18/h3-5,8-12,15,20H,1-2,6-7,13-14,16H2,(H3,23,24,27)/t20-/m1/s1. The molecule has 0 aliphatic carbocycles. The van der Waals surface area contributed by atoms with Crippen LogP contribution in [0.3, 0.4) is 0 Å². The number of nitrogens with zero attached hydrogens (tertiary/aromatic N) is 1. The van der Waals surface area contributed by atoms with E-state index in [2.05, 4.69) is 5.32 Å². The highest BCUT2D eigenvalue weighted by Gasteiger charge is 2.22. The number of ether oxygens (including phenoxy) is 1. The normalized spacial score (nSPS) is 15.4. The van der Waals surface area contributed by atoms with Crippen LogP contribution < -0.4 is 15.8 Å². The van der Waals surface area contributed by atoms with Gasteiger partial charge in [-0.2, -0.15) is 0 Å². The first-order chi connectivity index (χ1) is 13.6. The van der Waals surface area contributed by atoms with Crippen LogP contribution in [0, 0.1) is 0 Å². The smallest absolute Gasteiger partial charge is 0.312 e. The number of nitrogens with one attached hydrogen (secondary N) is 1. The van der Waals surface area contributed by atoms with Crippen molar-refractivity contribution in [2.24, 2.45) is 5.73 Å². The van der Waals surface area contributed by atoms with Gasteiger partial charge in [0.15, 0.2) is 0 Å². The van der Waals surface area contributed by atoms with Gasteiger partial charge in [-0.1, -0.05) is 43.2 Å². The van der Waals surface area contributed by atoms with Gasteiger partial charge in [0.05, 0.1) is 12.5 Å². The predicted octanol–water partition coefficient (Wildman–Crippen LogP) is 3.98. The van der Waals surface area contributed by atoms with Crippen molar-refractivity contribution in [3.05, 3.63) is 60.2 Å². The largest absolute Gasteiger partial charge is 0.457 e. The van der Waals surface area contributed by atoms with Crippen molar-refractivity contribution in [1.29, 1.82) is 0 Å². The van der Waals surface area contributed by atoms with Crippen LogP contribution in [0.1, 0.15) is 43.7 Å². The summed E-state index contributed by atoms with van der Waals surface area (Å²) >= 11 is 0. The molecule has 2 aromatic carbocycles. The summed E-state index contributed by atoms with van der Waals surface area (Å²) in [5.74, 6) is 1.40. The van der Waals surface area contributed by atoms with E-state index >= 15 is 0 Å². The Morgan fingerprint density at radius 1 is 0.964 bits per heavy atom. The molecule has 0 spiro atoms. The van der Waals surface area contributed by atoms with Crippen LogP contribution >= 0.6 is 0 Å². The van der Waals surface area contributed by atoms with E-state index in [-0.39, 0.29) is 12.3 Å². The molecule has 0 radical (unpaired) electrons. The Morgan fingerprint density at radius 2 is 1.64 bits per heavy atom. The molecule has 148 valence electrons. The van der Waals surface area contributed by atoms with Gasteiger partial charge >= 0.3 is 6.03 Å². The molecule has 0 aromatic heterocycles. The highest BCUT2D eigenvalue weighted by atomic mass is 16.5. The molecule has 1 aliphatic rings. The maximum Gasteiger partial charge on any atom is 0.312 e. The molecule has 3 N–H and O–H groups in total. The van der Waals surface area contributed by atoms with E-state index in [1.165, 1.54) is 0 Å². The fraction of sp³-hybridized carbons (Fsp3) is 0.364. The molecule has 0 unspecified atom stereocenters. The van der Waals surface area contributed by atoms with Crippen molar-refractivity contribution in [2.75, 3.05) is 13.1 Å². The highest BCUT2D eigenvalue weighted by Crippen LogP contribution is 2.26. The molecule has 1 atom stereocenters. The maximum absolute atomic E-state index is 12.8. The lowest BCUT2D eigenvalue weighted by molar-refractivity contribution is -0.131. The summed E-state index contributed by atoms with van der Waals surface area (Å²) in [6.07, 6.45) is 4.55. The maximum atomic E-state index is 12.8. The van der Waals surface area contributed by atoms with E-state index in [1.54, 1.807) is 0 Å². The molecule has 3 rings (SSSR count). The van der Waals surface area contributed by atoms with Gasteiger partial charge in [0.1, 0.15) is 11.5 Å². The second kappa shape index (κ2) is 9.78. The SMILES string of the molecule is NC(=O)N[C@H](CC(=O)N1CCCCCC1)c1cccc(Oc2ccccc2)c1. The van der Waals surface area contributed by atoms with Gasteiger partial charge < -0.3 is 20.7 Å². The highest BCUT2D eigenvalue weighted by molar-refractivity contribution is 5.79. The third kappa shape index (κ3) is 5.74. The van der Waals surface area contributed by atoms with Gasteiger partial charge in [0.25, 0.3) is 0 Å². The Morgan fingerprint density at radius 3 is 2.32 bits per heavy atom. The summed E-state index contributed by atoms with van der Waals surface area (Å²) in [5.41, 5.74) is 6.15. The lowest BCUT2D eigenvalue weighted by Gasteiger charge is -2.24. The molecular weight excluding hydrogens is 354 g/mol. The summed E-state index contributed by atoms with van der Waals surface area (Å²) in [4.78, 5) is 26.2. The van der Waals surface area contributed by atoms with Gasteiger partial charge in [-0.05, 0) is 42.7 Å². The molecule has 0 saturated carbocycles. The Kier molecular flexibility index (Phi) is 6.89. The number of para-hydroxylation sites is 1. The fourth-order valence-electron chi connectivity index (χ4n) is 3.47. The van der Waals surface area contributed by atoms with E-state index in [4.69, 9.17) is 10.5 Å². The molecule has 1 fully saturated rings. The number of rotatable bonds is 6. The second-order valence-electron chi connectivity index (χ2n) is 7.05. The van der Waals surface area contributed by atoms with Gasteiger partial charge in [0.2, 0.25) is 5.91 Å². The predicted molar refractivity (Wildman–Crippen MR) is 108 cm³/mol. The average Bonchev–Trinajstić information content (AvgIpc) is 2.98. The number of carbonyl (C=O) groups is 2. The Labute approximate surface area is 165 Å². The van der Waals surface area contributed by atoms with Gasteiger partial charge in [-0.15, -0.1) is 0 Å². The zero-order chi connectivity index (χ0) is 19.8. The average molecular weight is 381 g/mol. The summed E-state index contributed by atoms with van der Waals surface area (Å²) in [7, 11) is 0. The lowest BCUT2D eigenvalue weighted by Crippen LogP contribution is -2.38. The number of hydrogen-bond donors (Lipinski definition) is 2. The van der Waals surface area contributed by atoms with E-state index < -0.39 is 12.1 Å². The zero-order valence-corrected chi connectivity index (χ0v) is 16.0. The van der Waals surface area contributed by atoms with Crippen molar-refractivity contribution < 1.29 is 14.3 Å². The molecule has 1 aliphatic heterocycles. The van der Waals surface area contributed by atoms with E-state index in [0.717, 1.165) is 50.1 Å². The summed E-state index contributed by atoms with van der Waals surface area (Å²) < 4.78 is 5.87. The third-order valence-electron chi connectivity index (χ3n) is 4.89. The van der Waals surface area contributed by atoms with Crippen LogP contribution in [0.25, 0.3) is 0 Å². The summed E-state index contributed by atoms with van der Waals surface area (Å²) in [6, 6.07) is 15.7. The van der Waals surface area contributed by atoms with Crippen LogP contribution in [0.2, 0.25) is 0 Å². The van der Waals surface area contributed by atoms with Crippen LogP contribution in [0.4, 0.5) is 4.79 Å². The van der Waals surface area contributed by atoms with Crippen LogP contribution in [0.15, 0.2) is 54.6 Å². The van der Waals surface area contributed by atoms with Crippen molar-refractivity contribution in [1.82, 2.24) is 10.2 Å². The first kappa shape index (κ1) is 19.7. The molecule has 3 amide bonds.